The van der Waals surface area contributed by atoms with Gasteiger partial charge in [-0.2, -0.15) is 8.61 Å². The molecule has 2 aromatic carbocycles. The molecule has 2 aromatic rings. The first-order valence-electron chi connectivity index (χ1n) is 12.3. The predicted molar refractivity (Wildman–Crippen MR) is 137 cm³/mol. The van der Waals surface area contributed by atoms with Gasteiger partial charge in [0.15, 0.2) is 6.61 Å². The van der Waals surface area contributed by atoms with Crippen LogP contribution in [0.2, 0.25) is 0 Å². The van der Waals surface area contributed by atoms with Crippen LogP contribution in [0.5, 0.6) is 5.75 Å². The number of ether oxygens (including phenoxy) is 2. The molecule has 1 amide bonds. The van der Waals surface area contributed by atoms with Crippen LogP contribution in [0.3, 0.4) is 0 Å². The summed E-state index contributed by atoms with van der Waals surface area (Å²) >= 11 is 0. The lowest BCUT2D eigenvalue weighted by Crippen LogP contribution is -2.40. The normalized spacial score (nSPS) is 17.5. The molecule has 2 aliphatic heterocycles. The Labute approximate surface area is 218 Å². The maximum atomic E-state index is 12.8. The summed E-state index contributed by atoms with van der Waals surface area (Å²) in [7, 11) is -7.04. The zero-order valence-corrected chi connectivity index (χ0v) is 22.5. The molecular weight excluding hydrogens is 518 g/mol. The Hall–Kier alpha value is -2.51. The molecule has 10 nitrogen and oxygen atoms in total. The number of morpholine rings is 1. The molecule has 2 heterocycles. The molecule has 2 saturated heterocycles. The number of carbonyl (C=O) groups excluding carboxylic acids is 1. The number of hydrogen-bond donors (Lipinski definition) is 1. The molecule has 2 aliphatic rings. The number of hydrogen-bond acceptors (Lipinski definition) is 7. The predicted octanol–water partition coefficient (Wildman–Crippen LogP) is 1.54. The highest BCUT2D eigenvalue weighted by Crippen LogP contribution is 2.25. The monoisotopic (exact) mass is 551 g/mol. The highest BCUT2D eigenvalue weighted by molar-refractivity contribution is 7.89. The Morgan fingerprint density at radius 2 is 1.49 bits per heavy atom. The Bertz CT molecular complexity index is 1300. The van der Waals surface area contributed by atoms with Crippen LogP contribution >= 0.6 is 0 Å². The quantitative estimate of drug-likeness (QED) is 0.475. The first-order valence-corrected chi connectivity index (χ1v) is 15.2. The van der Waals surface area contributed by atoms with Gasteiger partial charge in [0.2, 0.25) is 20.0 Å². The fraction of sp³-hybridized carbons (Fsp3) is 0.480. The van der Waals surface area contributed by atoms with Crippen molar-refractivity contribution in [2.24, 2.45) is 0 Å². The Balaban J connectivity index is 1.24. The molecule has 0 saturated carbocycles. The molecule has 2 fully saturated rings. The van der Waals surface area contributed by atoms with E-state index in [1.54, 1.807) is 43.3 Å². The number of amides is 1. The Morgan fingerprint density at radius 3 is 2.14 bits per heavy atom. The van der Waals surface area contributed by atoms with E-state index < -0.39 is 20.0 Å². The Morgan fingerprint density at radius 1 is 0.892 bits per heavy atom. The molecule has 4 rings (SSSR count). The van der Waals surface area contributed by atoms with Gasteiger partial charge in [0.05, 0.1) is 23.0 Å². The highest BCUT2D eigenvalue weighted by atomic mass is 32.2. The van der Waals surface area contributed by atoms with Crippen molar-refractivity contribution in [1.29, 1.82) is 0 Å². The summed E-state index contributed by atoms with van der Waals surface area (Å²) in [5, 5.41) is 2.78. The van der Waals surface area contributed by atoms with Crippen LogP contribution in [-0.2, 0) is 36.0 Å². The van der Waals surface area contributed by atoms with Gasteiger partial charge in [-0.1, -0.05) is 12.1 Å². The lowest BCUT2D eigenvalue weighted by atomic mass is 10.1. The van der Waals surface area contributed by atoms with E-state index in [9.17, 15) is 21.6 Å². The zero-order chi connectivity index (χ0) is 26.5. The van der Waals surface area contributed by atoms with E-state index in [0.29, 0.717) is 63.7 Å². The minimum absolute atomic E-state index is 0.183. The molecule has 0 radical (unpaired) electrons. The summed E-state index contributed by atoms with van der Waals surface area (Å²) in [5.74, 6) is 0.128. The van der Waals surface area contributed by atoms with Gasteiger partial charge in [-0.15, -0.1) is 0 Å². The third-order valence-corrected chi connectivity index (χ3v) is 10.3. The molecule has 202 valence electrons. The second-order valence-corrected chi connectivity index (χ2v) is 13.0. The van der Waals surface area contributed by atoms with Gasteiger partial charge < -0.3 is 14.8 Å². The molecular formula is C25H33N3O7S2. The standard InChI is InChI=1S/C25H33N3O7S2/c1-20-18-23(37(32,33)28-14-16-34-17-15-28)8-9-24(20)35-19-25(29)26-11-10-21-4-6-22(7-5-21)36(30,31)27-12-2-3-13-27/h4-9,18H,2-3,10-17,19H2,1H3,(H,26,29). The van der Waals surface area contributed by atoms with Crippen LogP contribution in [0.15, 0.2) is 52.3 Å². The van der Waals surface area contributed by atoms with E-state index in [1.807, 2.05) is 0 Å². The summed E-state index contributed by atoms with van der Waals surface area (Å²) in [5.41, 5.74) is 1.53. The third-order valence-electron chi connectivity index (χ3n) is 6.47. The van der Waals surface area contributed by atoms with Gasteiger partial charge >= 0.3 is 0 Å². The van der Waals surface area contributed by atoms with Crippen LogP contribution in [0, 0.1) is 6.92 Å². The van der Waals surface area contributed by atoms with Crippen molar-refractivity contribution in [1.82, 2.24) is 13.9 Å². The maximum absolute atomic E-state index is 12.8. The molecule has 0 unspecified atom stereocenters. The van der Waals surface area contributed by atoms with Crippen molar-refractivity contribution in [2.45, 2.75) is 36.0 Å². The van der Waals surface area contributed by atoms with Crippen molar-refractivity contribution in [3.05, 3.63) is 53.6 Å². The number of nitrogens with zero attached hydrogens (tertiary/aromatic N) is 2. The third kappa shape index (κ3) is 6.68. The lowest BCUT2D eigenvalue weighted by Gasteiger charge is -2.26. The number of aryl methyl sites for hydroxylation is 1. The number of rotatable bonds is 10. The maximum Gasteiger partial charge on any atom is 0.257 e. The highest BCUT2D eigenvalue weighted by Gasteiger charge is 2.28. The fourth-order valence-electron chi connectivity index (χ4n) is 4.33. The van der Waals surface area contributed by atoms with Gasteiger partial charge in [-0.25, -0.2) is 16.8 Å². The zero-order valence-electron chi connectivity index (χ0n) is 20.9. The minimum Gasteiger partial charge on any atom is -0.484 e. The fourth-order valence-corrected chi connectivity index (χ4v) is 7.34. The van der Waals surface area contributed by atoms with Gasteiger partial charge in [-0.05, 0) is 67.6 Å². The summed E-state index contributed by atoms with van der Waals surface area (Å²) in [6.45, 7) is 4.42. The molecule has 0 atom stereocenters. The summed E-state index contributed by atoms with van der Waals surface area (Å²) in [4.78, 5) is 12.7. The summed E-state index contributed by atoms with van der Waals surface area (Å²) in [6.07, 6.45) is 2.33. The lowest BCUT2D eigenvalue weighted by molar-refractivity contribution is -0.123. The van der Waals surface area contributed by atoms with Crippen molar-refractivity contribution >= 4 is 26.0 Å². The molecule has 1 N–H and O–H groups in total. The molecule has 0 aromatic heterocycles. The summed E-state index contributed by atoms with van der Waals surface area (Å²) in [6, 6.07) is 11.3. The minimum atomic E-state index is -3.60. The van der Waals surface area contributed by atoms with E-state index in [4.69, 9.17) is 9.47 Å². The van der Waals surface area contributed by atoms with Crippen LogP contribution in [0.4, 0.5) is 0 Å². The van der Waals surface area contributed by atoms with E-state index in [1.165, 1.54) is 14.7 Å². The van der Waals surface area contributed by atoms with Crippen molar-refractivity contribution in [3.63, 3.8) is 0 Å². The second-order valence-electron chi connectivity index (χ2n) is 9.09. The van der Waals surface area contributed by atoms with Gasteiger partial charge in [0.1, 0.15) is 5.75 Å². The van der Waals surface area contributed by atoms with E-state index in [-0.39, 0.29) is 22.3 Å². The number of benzene rings is 2. The first kappa shape index (κ1) is 27.5. The number of sulfonamides is 2. The van der Waals surface area contributed by atoms with Crippen LogP contribution in [0.1, 0.15) is 24.0 Å². The van der Waals surface area contributed by atoms with Crippen molar-refractivity contribution in [3.8, 4) is 5.75 Å². The average Bonchev–Trinajstić information content (AvgIpc) is 3.45. The van der Waals surface area contributed by atoms with Crippen LogP contribution < -0.4 is 10.1 Å². The van der Waals surface area contributed by atoms with Crippen LogP contribution in [0.25, 0.3) is 0 Å². The van der Waals surface area contributed by atoms with Gasteiger partial charge in [0.25, 0.3) is 5.91 Å². The molecule has 12 heteroatoms. The average molecular weight is 552 g/mol. The molecule has 0 bridgehead atoms. The molecule has 0 aliphatic carbocycles. The van der Waals surface area contributed by atoms with Gasteiger partial charge in [0, 0.05) is 32.7 Å². The van der Waals surface area contributed by atoms with Gasteiger partial charge in [-0.3, -0.25) is 4.79 Å². The number of nitrogens with one attached hydrogen (secondary N) is 1. The topological polar surface area (TPSA) is 122 Å². The molecule has 37 heavy (non-hydrogen) atoms. The second kappa shape index (κ2) is 11.9. The SMILES string of the molecule is Cc1cc(S(=O)(=O)N2CCOCC2)ccc1OCC(=O)NCCc1ccc(S(=O)(=O)N2CCCC2)cc1. The van der Waals surface area contributed by atoms with E-state index in [2.05, 4.69) is 5.32 Å². The van der Waals surface area contributed by atoms with Crippen molar-refractivity contribution < 1.29 is 31.1 Å². The van der Waals surface area contributed by atoms with Crippen molar-refractivity contribution in [2.75, 3.05) is 52.5 Å². The Kier molecular flexibility index (Phi) is 8.86. The number of carbonyl (C=O) groups is 1. The van der Waals surface area contributed by atoms with E-state index >= 15 is 0 Å². The smallest absolute Gasteiger partial charge is 0.257 e. The van der Waals surface area contributed by atoms with Crippen LogP contribution in [-0.4, -0.2) is 83.9 Å². The largest absolute Gasteiger partial charge is 0.484 e. The van der Waals surface area contributed by atoms with E-state index in [0.717, 1.165) is 18.4 Å². The molecule has 0 spiro atoms. The summed E-state index contributed by atoms with van der Waals surface area (Å²) < 4.78 is 64.6. The first-order chi connectivity index (χ1) is 17.7.